The van der Waals surface area contributed by atoms with Crippen LogP contribution in [-0.4, -0.2) is 22.0 Å². The van der Waals surface area contributed by atoms with Crippen LogP contribution in [0.1, 0.15) is 22.8 Å². The van der Waals surface area contributed by atoms with E-state index in [9.17, 15) is 14.4 Å². The number of aromatic amines is 1. The number of thioether (sulfide) groups is 1. The summed E-state index contributed by atoms with van der Waals surface area (Å²) in [7, 11) is 0. The van der Waals surface area contributed by atoms with Crippen LogP contribution in [0.3, 0.4) is 0 Å². The number of amides is 2. The van der Waals surface area contributed by atoms with E-state index >= 15 is 0 Å². The molecule has 4 aliphatic rings. The quantitative estimate of drug-likeness (QED) is 0.584. The molecule has 1 saturated heterocycles. The second kappa shape index (κ2) is 6.68. The molecule has 2 saturated carbocycles. The van der Waals surface area contributed by atoms with E-state index in [1.165, 1.54) is 21.8 Å². The van der Waals surface area contributed by atoms with Gasteiger partial charge in [0.1, 0.15) is 0 Å². The molecule has 1 aromatic heterocycles. The number of para-hydroxylation sites is 1. The lowest BCUT2D eigenvalue weighted by atomic mass is 9.68. The summed E-state index contributed by atoms with van der Waals surface area (Å²) in [4.78, 5) is 44.9. The molecule has 3 aromatic rings. The Hall–Kier alpha value is -2.64. The second-order valence-electron chi connectivity index (χ2n) is 9.22. The minimum absolute atomic E-state index is 0.0293. The highest BCUT2D eigenvalue weighted by Gasteiger charge is 2.69. The summed E-state index contributed by atoms with van der Waals surface area (Å²) in [6.45, 7) is 0. The first-order valence-corrected chi connectivity index (χ1v) is 12.7. The maximum Gasteiger partial charge on any atom is 0.305 e. The normalized spacial score (nSPS) is 34.5. The zero-order chi connectivity index (χ0) is 21.6. The number of thiazole rings is 1. The molecule has 7 atom stereocenters. The molecular formula is C25H20N2O3S2. The van der Waals surface area contributed by atoms with Crippen LogP contribution >= 0.6 is 23.1 Å². The van der Waals surface area contributed by atoms with Crippen molar-refractivity contribution in [2.75, 3.05) is 4.90 Å². The number of imide groups is 1. The molecule has 5 nitrogen and oxygen atoms in total. The molecule has 2 amide bonds. The Morgan fingerprint density at radius 1 is 0.844 bits per heavy atom. The first-order chi connectivity index (χ1) is 15.6. The fourth-order valence-electron chi connectivity index (χ4n) is 6.88. The van der Waals surface area contributed by atoms with Crippen LogP contribution in [0.2, 0.25) is 0 Å². The number of anilines is 1. The molecule has 3 fully saturated rings. The van der Waals surface area contributed by atoms with Crippen molar-refractivity contribution in [2.24, 2.45) is 29.6 Å². The Bertz CT molecular complexity index is 1300. The molecule has 160 valence electrons. The average molecular weight is 461 g/mol. The molecule has 1 N–H and O–H groups in total. The highest BCUT2D eigenvalue weighted by Crippen LogP contribution is 2.68. The fraction of sp³-hybridized carbons (Fsp3) is 0.320. The predicted molar refractivity (Wildman–Crippen MR) is 124 cm³/mol. The third-order valence-electron chi connectivity index (χ3n) is 7.90. The highest BCUT2D eigenvalue weighted by atomic mass is 32.2. The molecule has 3 heterocycles. The SMILES string of the molecule is O=C1[C@@H]2[C@H]3C[C@@H]([C@@H]2C(=O)N1c1ccccc1)[C@@H]1[C@H](c2ccccc2)c2sc(=O)[nH]c2S[C@@H]31. The summed E-state index contributed by atoms with van der Waals surface area (Å²) in [5, 5.41) is 1.19. The Balaban J connectivity index is 1.34. The average Bonchev–Trinajstić information content (AvgIpc) is 3.53. The number of hydrogen-bond donors (Lipinski definition) is 1. The van der Waals surface area contributed by atoms with E-state index in [1.54, 1.807) is 11.8 Å². The molecule has 2 aliphatic heterocycles. The first-order valence-electron chi connectivity index (χ1n) is 11.0. The number of hydrogen-bond acceptors (Lipinski definition) is 5. The minimum Gasteiger partial charge on any atom is -0.307 e. The fourth-order valence-corrected chi connectivity index (χ4v) is 9.77. The molecule has 0 unspecified atom stereocenters. The van der Waals surface area contributed by atoms with Crippen LogP contribution < -0.4 is 9.77 Å². The number of carbonyl (C=O) groups excluding carboxylic acids is 2. The van der Waals surface area contributed by atoms with Gasteiger partial charge in [-0.2, -0.15) is 0 Å². The largest absolute Gasteiger partial charge is 0.307 e. The maximum absolute atomic E-state index is 13.6. The van der Waals surface area contributed by atoms with E-state index in [0.717, 1.165) is 16.3 Å². The number of rotatable bonds is 2. The summed E-state index contributed by atoms with van der Waals surface area (Å²) in [5.41, 5.74) is 1.87. The van der Waals surface area contributed by atoms with Gasteiger partial charge in [0.25, 0.3) is 0 Å². The molecule has 0 spiro atoms. The van der Waals surface area contributed by atoms with E-state index in [1.807, 2.05) is 48.5 Å². The van der Waals surface area contributed by atoms with Crippen LogP contribution in [-0.2, 0) is 9.59 Å². The molecule has 2 aliphatic carbocycles. The van der Waals surface area contributed by atoms with Gasteiger partial charge in [-0.05, 0) is 41.9 Å². The van der Waals surface area contributed by atoms with Gasteiger partial charge in [0.05, 0.1) is 22.5 Å². The minimum atomic E-state index is -0.252. The van der Waals surface area contributed by atoms with E-state index in [-0.39, 0.29) is 57.4 Å². The van der Waals surface area contributed by atoms with Gasteiger partial charge in [0.15, 0.2) is 0 Å². The van der Waals surface area contributed by atoms with E-state index < -0.39 is 0 Å². The Morgan fingerprint density at radius 3 is 2.22 bits per heavy atom. The van der Waals surface area contributed by atoms with Gasteiger partial charge in [-0.3, -0.25) is 19.3 Å². The summed E-state index contributed by atoms with van der Waals surface area (Å²) in [6, 6.07) is 19.7. The van der Waals surface area contributed by atoms with Crippen molar-refractivity contribution in [1.82, 2.24) is 4.98 Å². The summed E-state index contributed by atoms with van der Waals surface area (Å²) < 4.78 is 0. The number of aromatic nitrogens is 1. The van der Waals surface area contributed by atoms with Crippen molar-refractivity contribution in [3.8, 4) is 0 Å². The number of nitrogens with one attached hydrogen (secondary N) is 1. The van der Waals surface area contributed by atoms with Crippen LogP contribution in [0.5, 0.6) is 0 Å². The van der Waals surface area contributed by atoms with Crippen LogP contribution in [0, 0.1) is 29.6 Å². The molecule has 7 heteroatoms. The Morgan fingerprint density at radius 2 is 1.50 bits per heavy atom. The molecule has 2 bridgehead atoms. The van der Waals surface area contributed by atoms with Crippen LogP contribution in [0.4, 0.5) is 5.69 Å². The van der Waals surface area contributed by atoms with Crippen molar-refractivity contribution in [2.45, 2.75) is 22.6 Å². The van der Waals surface area contributed by atoms with E-state index in [4.69, 9.17) is 0 Å². The van der Waals surface area contributed by atoms with E-state index in [2.05, 4.69) is 17.1 Å². The Labute approximate surface area is 192 Å². The number of benzene rings is 2. The number of fused-ring (bicyclic) bond motifs is 9. The zero-order valence-corrected chi connectivity index (χ0v) is 18.6. The predicted octanol–water partition coefficient (Wildman–Crippen LogP) is 4.11. The Kier molecular flexibility index (Phi) is 3.94. The van der Waals surface area contributed by atoms with Gasteiger partial charge >= 0.3 is 4.87 Å². The molecule has 0 radical (unpaired) electrons. The van der Waals surface area contributed by atoms with Crippen molar-refractivity contribution < 1.29 is 9.59 Å². The van der Waals surface area contributed by atoms with Crippen molar-refractivity contribution >= 4 is 40.6 Å². The number of carbonyl (C=O) groups is 2. The molecule has 7 rings (SSSR count). The maximum atomic E-state index is 13.6. The van der Waals surface area contributed by atoms with Gasteiger partial charge in [-0.1, -0.05) is 59.9 Å². The molecular weight excluding hydrogens is 440 g/mol. The lowest BCUT2D eigenvalue weighted by Gasteiger charge is -2.43. The second-order valence-corrected chi connectivity index (χ2v) is 11.4. The third kappa shape index (κ3) is 2.38. The monoisotopic (exact) mass is 460 g/mol. The highest BCUT2D eigenvalue weighted by molar-refractivity contribution is 8.00. The molecule has 2 aromatic carbocycles. The summed E-state index contributed by atoms with van der Waals surface area (Å²) >= 11 is 3.03. The standard InChI is InChI=1S/C25H20N2O3S2/c28-23-18-14-11-15(19(18)24(29)27(23)13-9-5-2-6-10-13)20-17(14)16(12-7-3-1-4-8-12)21-22(31-20)26-25(30)32-21/h1-10,14-20H,11H2,(H,26,30)/t14-,15-,16+,17-,18+,19-,20+/m1/s1. The summed E-state index contributed by atoms with van der Waals surface area (Å²) in [5.74, 6) is 0.0747. The van der Waals surface area contributed by atoms with Gasteiger partial charge in [0, 0.05) is 16.0 Å². The van der Waals surface area contributed by atoms with Gasteiger partial charge in [0.2, 0.25) is 11.8 Å². The number of H-pyrrole nitrogens is 1. The zero-order valence-electron chi connectivity index (χ0n) is 17.0. The summed E-state index contributed by atoms with van der Waals surface area (Å²) in [6.07, 6.45) is 0.917. The number of nitrogens with zero attached hydrogens (tertiary/aromatic N) is 1. The smallest absolute Gasteiger partial charge is 0.305 e. The first kappa shape index (κ1) is 18.9. The van der Waals surface area contributed by atoms with Crippen LogP contribution in [0.25, 0.3) is 0 Å². The lowest BCUT2D eigenvalue weighted by molar-refractivity contribution is -0.123. The lowest BCUT2D eigenvalue weighted by Crippen LogP contribution is -2.42. The van der Waals surface area contributed by atoms with E-state index in [0.29, 0.717) is 5.69 Å². The van der Waals surface area contributed by atoms with Crippen LogP contribution in [0.15, 0.2) is 70.5 Å². The van der Waals surface area contributed by atoms with Gasteiger partial charge in [-0.25, -0.2) is 0 Å². The molecule has 32 heavy (non-hydrogen) atoms. The van der Waals surface area contributed by atoms with Crippen molar-refractivity contribution in [3.05, 3.63) is 80.8 Å². The third-order valence-corrected chi connectivity index (χ3v) is 10.5. The van der Waals surface area contributed by atoms with Crippen molar-refractivity contribution in [1.29, 1.82) is 0 Å². The van der Waals surface area contributed by atoms with Gasteiger partial charge < -0.3 is 4.98 Å². The van der Waals surface area contributed by atoms with Gasteiger partial charge in [-0.15, -0.1) is 11.8 Å². The van der Waals surface area contributed by atoms with Crippen molar-refractivity contribution in [3.63, 3.8) is 0 Å². The topological polar surface area (TPSA) is 70.2 Å².